The van der Waals surface area contributed by atoms with Gasteiger partial charge in [0.15, 0.2) is 0 Å². The fourth-order valence-electron chi connectivity index (χ4n) is 0.181. The van der Waals surface area contributed by atoms with Crippen LogP contribution in [0.2, 0.25) is 0 Å². The SMILES string of the molecule is O=S(=O)(OOCC(F)F)C(F)(F)F. The minimum atomic E-state index is -5.95. The standard InChI is InChI=1S/C3H3F5O4S/c4-2(5)1-11-12-13(9,10)3(6,7)8/h2H,1H2. The third-order valence-electron chi connectivity index (χ3n) is 0.615. The molecule has 10 heteroatoms. The summed E-state index contributed by atoms with van der Waals surface area (Å²) in [6.07, 6.45) is -3.12. The van der Waals surface area contributed by atoms with Crippen molar-refractivity contribution >= 4 is 10.1 Å². The Morgan fingerprint density at radius 3 is 2.00 bits per heavy atom. The fourth-order valence-corrected chi connectivity index (χ4v) is 0.441. The molecule has 0 rings (SSSR count). The molecule has 0 aromatic carbocycles. The summed E-state index contributed by atoms with van der Waals surface area (Å²) in [6, 6.07) is 0. The van der Waals surface area contributed by atoms with E-state index in [0.29, 0.717) is 0 Å². The zero-order valence-electron chi connectivity index (χ0n) is 5.72. The summed E-state index contributed by atoms with van der Waals surface area (Å²) in [5.74, 6) is 0. The number of halogens is 5. The lowest BCUT2D eigenvalue weighted by Gasteiger charge is -2.06. The molecule has 0 saturated carbocycles. The molecule has 0 aliphatic carbocycles. The van der Waals surface area contributed by atoms with Crippen LogP contribution in [0.15, 0.2) is 0 Å². The number of alkyl halides is 5. The highest BCUT2D eigenvalue weighted by atomic mass is 32.2. The maximum atomic E-state index is 11.4. The van der Waals surface area contributed by atoms with Crippen molar-refractivity contribution in [3.8, 4) is 0 Å². The summed E-state index contributed by atoms with van der Waals surface area (Å²) in [4.78, 5) is 3.13. The van der Waals surface area contributed by atoms with Gasteiger partial charge in [-0.25, -0.2) is 13.7 Å². The fraction of sp³-hybridized carbons (Fsp3) is 1.00. The molecule has 0 radical (unpaired) electrons. The van der Waals surface area contributed by atoms with E-state index in [9.17, 15) is 30.4 Å². The molecule has 0 aromatic heterocycles. The van der Waals surface area contributed by atoms with Crippen molar-refractivity contribution in [2.75, 3.05) is 6.61 Å². The molecule has 0 unspecified atom stereocenters. The summed E-state index contributed by atoms with van der Waals surface area (Å²) in [6.45, 7) is -1.56. The molecule has 0 N–H and O–H groups in total. The second kappa shape index (κ2) is 4.15. The van der Waals surface area contributed by atoms with Crippen molar-refractivity contribution < 1.29 is 39.6 Å². The van der Waals surface area contributed by atoms with Gasteiger partial charge in [0, 0.05) is 0 Å². The number of rotatable bonds is 4. The molecule has 0 aromatic rings. The molecule has 4 nitrogen and oxygen atoms in total. The summed E-state index contributed by atoms with van der Waals surface area (Å²) >= 11 is 0. The Kier molecular flexibility index (Phi) is 4.00. The summed E-state index contributed by atoms with van der Waals surface area (Å²) < 4.78 is 79.2. The van der Waals surface area contributed by atoms with Crippen molar-refractivity contribution in [3.05, 3.63) is 0 Å². The Bertz CT molecular complexity index is 243. The third kappa shape index (κ3) is 4.33. The molecule has 0 atom stereocenters. The van der Waals surface area contributed by atoms with Crippen LogP contribution in [0.4, 0.5) is 22.0 Å². The minimum Gasteiger partial charge on any atom is -0.214 e. The first-order chi connectivity index (χ1) is 5.67. The molecule has 13 heavy (non-hydrogen) atoms. The average molecular weight is 230 g/mol. The summed E-state index contributed by atoms with van der Waals surface area (Å²) in [5, 5.41) is 0. The maximum absolute atomic E-state index is 11.4. The Balaban J connectivity index is 4.07. The third-order valence-corrected chi connectivity index (χ3v) is 1.46. The van der Waals surface area contributed by atoms with Crippen molar-refractivity contribution in [1.82, 2.24) is 0 Å². The molecule has 0 spiro atoms. The first kappa shape index (κ1) is 12.5. The van der Waals surface area contributed by atoms with E-state index in [2.05, 4.69) is 9.22 Å². The van der Waals surface area contributed by atoms with Gasteiger partial charge in [-0.1, -0.05) is 4.33 Å². The monoisotopic (exact) mass is 230 g/mol. The Morgan fingerprint density at radius 2 is 1.69 bits per heavy atom. The van der Waals surface area contributed by atoms with Crippen molar-refractivity contribution in [1.29, 1.82) is 0 Å². The lowest BCUT2D eigenvalue weighted by molar-refractivity contribution is -0.234. The molecule has 0 fully saturated rings. The molecule has 0 bridgehead atoms. The Morgan fingerprint density at radius 1 is 1.23 bits per heavy atom. The van der Waals surface area contributed by atoms with Crippen LogP contribution in [0.1, 0.15) is 0 Å². The molecular formula is C3H3F5O4S. The first-order valence-corrected chi connectivity index (χ1v) is 3.98. The zero-order valence-corrected chi connectivity index (χ0v) is 6.53. The number of hydrogen-bond donors (Lipinski definition) is 0. The maximum Gasteiger partial charge on any atom is 0.525 e. The average Bonchev–Trinajstić information content (AvgIpc) is 1.82. The van der Waals surface area contributed by atoms with E-state index < -0.39 is 28.7 Å². The van der Waals surface area contributed by atoms with E-state index in [1.54, 1.807) is 0 Å². The molecule has 0 aliphatic rings. The topological polar surface area (TPSA) is 52.6 Å². The van der Waals surface area contributed by atoms with Crippen LogP contribution in [-0.4, -0.2) is 27.0 Å². The second-order valence-electron chi connectivity index (χ2n) is 1.64. The zero-order chi connectivity index (χ0) is 10.7. The molecule has 80 valence electrons. The Labute approximate surface area is 69.3 Å². The Hall–Kier alpha value is -0.480. The van der Waals surface area contributed by atoms with Gasteiger partial charge >= 0.3 is 15.6 Å². The van der Waals surface area contributed by atoms with Crippen LogP contribution in [0.5, 0.6) is 0 Å². The molecule has 0 heterocycles. The van der Waals surface area contributed by atoms with Gasteiger partial charge in [-0.15, -0.1) is 0 Å². The highest BCUT2D eigenvalue weighted by Gasteiger charge is 2.48. The van der Waals surface area contributed by atoms with Crippen LogP contribution in [0, 0.1) is 0 Å². The van der Waals surface area contributed by atoms with Gasteiger partial charge in [0.05, 0.1) is 0 Å². The van der Waals surface area contributed by atoms with E-state index in [-0.39, 0.29) is 0 Å². The van der Waals surface area contributed by atoms with Gasteiger partial charge in [-0.05, 0) is 0 Å². The quantitative estimate of drug-likeness (QED) is 0.313. The molecule has 0 aliphatic heterocycles. The van der Waals surface area contributed by atoms with E-state index in [0.717, 1.165) is 0 Å². The highest BCUT2D eigenvalue weighted by Crippen LogP contribution is 2.24. The van der Waals surface area contributed by atoms with Crippen LogP contribution in [0.25, 0.3) is 0 Å². The van der Waals surface area contributed by atoms with E-state index in [1.807, 2.05) is 0 Å². The smallest absolute Gasteiger partial charge is 0.214 e. The van der Waals surface area contributed by atoms with Gasteiger partial charge in [0.2, 0.25) is 0 Å². The van der Waals surface area contributed by atoms with Gasteiger partial charge in [0.25, 0.3) is 6.43 Å². The van der Waals surface area contributed by atoms with E-state index in [1.165, 1.54) is 0 Å². The lowest BCUT2D eigenvalue weighted by atomic mass is 10.8. The predicted octanol–water partition coefficient (Wildman–Crippen LogP) is 1.05. The largest absolute Gasteiger partial charge is 0.525 e. The summed E-state index contributed by atoms with van der Waals surface area (Å²) in [5.41, 5.74) is -5.69. The van der Waals surface area contributed by atoms with Crippen molar-refractivity contribution in [2.24, 2.45) is 0 Å². The normalized spacial score (nSPS) is 13.7. The van der Waals surface area contributed by atoms with E-state index >= 15 is 0 Å². The van der Waals surface area contributed by atoms with Gasteiger partial charge in [-0.2, -0.15) is 21.6 Å². The summed E-state index contributed by atoms with van der Waals surface area (Å²) in [7, 11) is -5.95. The van der Waals surface area contributed by atoms with E-state index in [4.69, 9.17) is 0 Å². The predicted molar refractivity (Wildman–Crippen MR) is 28.0 cm³/mol. The first-order valence-electron chi connectivity index (χ1n) is 2.57. The van der Waals surface area contributed by atoms with Crippen LogP contribution < -0.4 is 0 Å². The number of hydrogen-bond acceptors (Lipinski definition) is 4. The lowest BCUT2D eigenvalue weighted by Crippen LogP contribution is -2.26. The van der Waals surface area contributed by atoms with Gasteiger partial charge < -0.3 is 0 Å². The highest BCUT2D eigenvalue weighted by molar-refractivity contribution is 7.87. The van der Waals surface area contributed by atoms with Crippen molar-refractivity contribution in [3.63, 3.8) is 0 Å². The molecule has 0 saturated heterocycles. The van der Waals surface area contributed by atoms with Crippen LogP contribution in [-0.2, 0) is 19.3 Å². The molecule has 0 amide bonds. The van der Waals surface area contributed by atoms with Gasteiger partial charge in [0.1, 0.15) is 6.61 Å². The van der Waals surface area contributed by atoms with Crippen LogP contribution in [0.3, 0.4) is 0 Å². The van der Waals surface area contributed by atoms with Gasteiger partial charge in [-0.3, -0.25) is 0 Å². The minimum absolute atomic E-state index is 1.56. The van der Waals surface area contributed by atoms with Crippen molar-refractivity contribution in [2.45, 2.75) is 11.9 Å². The van der Waals surface area contributed by atoms with Crippen LogP contribution >= 0.6 is 0 Å². The molecular weight excluding hydrogens is 227 g/mol. The second-order valence-corrected chi connectivity index (χ2v) is 3.15.